The molecule has 0 aromatic heterocycles. The molecule has 0 spiro atoms. The molecule has 1 amide bonds. The zero-order valence-corrected chi connectivity index (χ0v) is 10.5. The summed E-state index contributed by atoms with van der Waals surface area (Å²) in [5.41, 5.74) is 0. The molecule has 3 heteroatoms. The van der Waals surface area contributed by atoms with Gasteiger partial charge in [0, 0.05) is 6.54 Å². The van der Waals surface area contributed by atoms with Crippen LogP contribution >= 0.6 is 0 Å². The highest BCUT2D eigenvalue weighted by molar-refractivity contribution is 5.83. The fourth-order valence-electron chi connectivity index (χ4n) is 3.08. The maximum atomic E-state index is 11.9. The van der Waals surface area contributed by atoms with Crippen LogP contribution in [-0.4, -0.2) is 29.6 Å². The lowest BCUT2D eigenvalue weighted by molar-refractivity contribution is -0.129. The number of hydrogen-bond donors (Lipinski definition) is 1. The number of carbonyl (C=O) groups is 1. The number of nitrogens with one attached hydrogen (secondary N) is 1. The molecule has 1 saturated heterocycles. The van der Waals surface area contributed by atoms with Crippen LogP contribution in [-0.2, 0) is 4.79 Å². The number of carbonyl (C=O) groups excluding carboxylic acids is 1. The lowest BCUT2D eigenvalue weighted by atomic mass is 10.0. The molecular formula is C13H24N2O. The SMILES string of the molecule is CCC1NC(C)C(=O)N1CCC1CCCC1. The average molecular weight is 224 g/mol. The first-order valence-electron chi connectivity index (χ1n) is 6.79. The van der Waals surface area contributed by atoms with Crippen molar-refractivity contribution in [3.8, 4) is 0 Å². The van der Waals surface area contributed by atoms with Gasteiger partial charge in [0.15, 0.2) is 0 Å². The van der Waals surface area contributed by atoms with Crippen molar-refractivity contribution in [1.29, 1.82) is 0 Å². The molecule has 2 fully saturated rings. The smallest absolute Gasteiger partial charge is 0.240 e. The van der Waals surface area contributed by atoms with Crippen LogP contribution in [0, 0.1) is 5.92 Å². The lowest BCUT2D eigenvalue weighted by Crippen LogP contribution is -2.37. The summed E-state index contributed by atoms with van der Waals surface area (Å²) in [5.74, 6) is 1.17. The van der Waals surface area contributed by atoms with Crippen molar-refractivity contribution in [2.45, 2.75) is 64.6 Å². The molecule has 2 atom stereocenters. The molecule has 1 N–H and O–H groups in total. The monoisotopic (exact) mass is 224 g/mol. The molecule has 1 aliphatic heterocycles. The molecule has 0 aromatic rings. The largest absolute Gasteiger partial charge is 0.326 e. The minimum absolute atomic E-state index is 0.0218. The summed E-state index contributed by atoms with van der Waals surface area (Å²) in [7, 11) is 0. The third-order valence-corrected chi connectivity index (χ3v) is 4.11. The van der Waals surface area contributed by atoms with E-state index in [1.54, 1.807) is 0 Å². The van der Waals surface area contributed by atoms with Crippen LogP contribution in [0.15, 0.2) is 0 Å². The van der Waals surface area contributed by atoms with E-state index in [1.807, 2.05) is 6.92 Å². The van der Waals surface area contributed by atoms with Crippen molar-refractivity contribution < 1.29 is 4.79 Å². The van der Waals surface area contributed by atoms with E-state index in [0.29, 0.717) is 5.91 Å². The molecular weight excluding hydrogens is 200 g/mol. The van der Waals surface area contributed by atoms with Gasteiger partial charge in [0.25, 0.3) is 0 Å². The van der Waals surface area contributed by atoms with Crippen molar-refractivity contribution in [2.75, 3.05) is 6.54 Å². The summed E-state index contributed by atoms with van der Waals surface area (Å²) < 4.78 is 0. The molecule has 92 valence electrons. The highest BCUT2D eigenvalue weighted by atomic mass is 16.2. The minimum Gasteiger partial charge on any atom is -0.326 e. The Hall–Kier alpha value is -0.570. The average Bonchev–Trinajstić information content (AvgIpc) is 2.87. The predicted molar refractivity (Wildman–Crippen MR) is 65.0 cm³/mol. The Labute approximate surface area is 98.6 Å². The Morgan fingerprint density at radius 3 is 2.69 bits per heavy atom. The van der Waals surface area contributed by atoms with E-state index in [-0.39, 0.29) is 12.2 Å². The Morgan fingerprint density at radius 1 is 1.38 bits per heavy atom. The summed E-state index contributed by atoms with van der Waals surface area (Å²) >= 11 is 0. The van der Waals surface area contributed by atoms with E-state index in [9.17, 15) is 4.79 Å². The Bertz CT molecular complexity index is 248. The number of rotatable bonds is 4. The minimum atomic E-state index is 0.0218. The molecule has 2 rings (SSSR count). The predicted octanol–water partition coefficient (Wildman–Crippen LogP) is 2.12. The van der Waals surface area contributed by atoms with E-state index in [1.165, 1.54) is 32.1 Å². The van der Waals surface area contributed by atoms with Gasteiger partial charge in [0.2, 0.25) is 5.91 Å². The number of nitrogens with zero attached hydrogens (tertiary/aromatic N) is 1. The van der Waals surface area contributed by atoms with Gasteiger partial charge in [-0.05, 0) is 25.7 Å². The van der Waals surface area contributed by atoms with Crippen molar-refractivity contribution >= 4 is 5.91 Å². The molecule has 1 saturated carbocycles. The Kier molecular flexibility index (Phi) is 3.85. The van der Waals surface area contributed by atoms with Crippen molar-refractivity contribution in [3.63, 3.8) is 0 Å². The van der Waals surface area contributed by atoms with Gasteiger partial charge >= 0.3 is 0 Å². The van der Waals surface area contributed by atoms with E-state index < -0.39 is 0 Å². The first-order chi connectivity index (χ1) is 7.72. The van der Waals surface area contributed by atoms with Gasteiger partial charge in [-0.25, -0.2) is 0 Å². The van der Waals surface area contributed by atoms with Gasteiger partial charge in [0.1, 0.15) is 0 Å². The molecule has 16 heavy (non-hydrogen) atoms. The first kappa shape index (κ1) is 11.9. The molecule has 3 nitrogen and oxygen atoms in total. The zero-order valence-electron chi connectivity index (χ0n) is 10.5. The fraction of sp³-hybridized carbons (Fsp3) is 0.923. The third kappa shape index (κ3) is 2.40. The van der Waals surface area contributed by atoms with Gasteiger partial charge in [-0.2, -0.15) is 0 Å². The van der Waals surface area contributed by atoms with Gasteiger partial charge in [0.05, 0.1) is 12.2 Å². The summed E-state index contributed by atoms with van der Waals surface area (Å²) in [6, 6.07) is 0.0218. The highest BCUT2D eigenvalue weighted by Crippen LogP contribution is 2.28. The van der Waals surface area contributed by atoms with E-state index in [4.69, 9.17) is 0 Å². The van der Waals surface area contributed by atoms with Crippen LogP contribution in [0.4, 0.5) is 0 Å². The van der Waals surface area contributed by atoms with E-state index in [0.717, 1.165) is 18.9 Å². The van der Waals surface area contributed by atoms with Crippen LogP contribution in [0.3, 0.4) is 0 Å². The van der Waals surface area contributed by atoms with Gasteiger partial charge in [-0.3, -0.25) is 10.1 Å². The molecule has 0 aromatic carbocycles. The van der Waals surface area contributed by atoms with Crippen LogP contribution in [0.1, 0.15) is 52.4 Å². The second kappa shape index (κ2) is 5.17. The van der Waals surface area contributed by atoms with Gasteiger partial charge in [-0.15, -0.1) is 0 Å². The normalized spacial score (nSPS) is 31.6. The van der Waals surface area contributed by atoms with Crippen LogP contribution < -0.4 is 5.32 Å². The molecule has 0 radical (unpaired) electrons. The summed E-state index contributed by atoms with van der Waals surface area (Å²) in [4.78, 5) is 14.0. The second-order valence-corrected chi connectivity index (χ2v) is 5.28. The fourth-order valence-corrected chi connectivity index (χ4v) is 3.08. The Balaban J connectivity index is 1.84. The third-order valence-electron chi connectivity index (χ3n) is 4.11. The number of amides is 1. The topological polar surface area (TPSA) is 32.3 Å². The summed E-state index contributed by atoms with van der Waals surface area (Å²) in [6.07, 6.45) is 8.04. The second-order valence-electron chi connectivity index (χ2n) is 5.28. The van der Waals surface area contributed by atoms with Crippen molar-refractivity contribution in [2.24, 2.45) is 5.92 Å². The van der Waals surface area contributed by atoms with Gasteiger partial charge < -0.3 is 4.90 Å². The molecule has 0 bridgehead atoms. The maximum absolute atomic E-state index is 11.9. The van der Waals surface area contributed by atoms with Crippen LogP contribution in [0.2, 0.25) is 0 Å². The molecule has 2 unspecified atom stereocenters. The quantitative estimate of drug-likeness (QED) is 0.793. The zero-order chi connectivity index (χ0) is 11.5. The number of hydrogen-bond acceptors (Lipinski definition) is 2. The van der Waals surface area contributed by atoms with E-state index in [2.05, 4.69) is 17.1 Å². The summed E-state index contributed by atoms with van der Waals surface area (Å²) in [6.45, 7) is 5.07. The molecule has 1 heterocycles. The van der Waals surface area contributed by atoms with E-state index >= 15 is 0 Å². The van der Waals surface area contributed by atoms with Crippen LogP contribution in [0.5, 0.6) is 0 Å². The van der Waals surface area contributed by atoms with Crippen molar-refractivity contribution in [1.82, 2.24) is 10.2 Å². The van der Waals surface area contributed by atoms with Crippen molar-refractivity contribution in [3.05, 3.63) is 0 Å². The lowest BCUT2D eigenvalue weighted by Gasteiger charge is -2.24. The molecule has 1 aliphatic carbocycles. The first-order valence-corrected chi connectivity index (χ1v) is 6.79. The maximum Gasteiger partial charge on any atom is 0.240 e. The Morgan fingerprint density at radius 2 is 2.06 bits per heavy atom. The highest BCUT2D eigenvalue weighted by Gasteiger charge is 2.34. The summed E-state index contributed by atoms with van der Waals surface area (Å²) in [5, 5.41) is 3.36. The van der Waals surface area contributed by atoms with Gasteiger partial charge in [-0.1, -0.05) is 32.6 Å². The van der Waals surface area contributed by atoms with Crippen LogP contribution in [0.25, 0.3) is 0 Å². The standard InChI is InChI=1S/C13H24N2O/c1-3-12-14-10(2)13(16)15(12)9-8-11-6-4-5-7-11/h10-12,14H,3-9H2,1-2H3. The molecule has 2 aliphatic rings.